The second-order valence-corrected chi connectivity index (χ2v) is 6.94. The van der Waals surface area contributed by atoms with Gasteiger partial charge in [0.1, 0.15) is 14.1 Å². The molecule has 0 atom stereocenters. The maximum atomic E-state index is 12.2. The van der Waals surface area contributed by atoms with Crippen LogP contribution in [-0.4, -0.2) is 5.78 Å². The largest absolute Gasteiger partial charge is 0.290 e. The van der Waals surface area contributed by atoms with Gasteiger partial charge in [-0.15, -0.1) is 0 Å². The number of nitrogens with zero attached hydrogens (tertiary/aromatic N) is 2. The lowest BCUT2D eigenvalue weighted by atomic mass is 10.1. The van der Waals surface area contributed by atoms with Gasteiger partial charge in [0.05, 0.1) is 0 Å². The molecule has 0 bridgehead atoms. The Morgan fingerprint density at radius 1 is 0.714 bits per heavy atom. The first kappa shape index (κ1) is 17.8. The number of benzene rings is 2. The first-order chi connectivity index (χ1) is 13.6. The number of carbonyl (C=O) groups excluding carboxylic acids is 1. The molecular weight excluding hydrogens is 344 g/mol. The molecule has 0 aliphatic carbocycles. The van der Waals surface area contributed by atoms with Gasteiger partial charge in [0, 0.05) is 35.0 Å². The minimum atomic E-state index is -0.0302. The average Bonchev–Trinajstić information content (AvgIpc) is 2.71. The SMILES string of the molecule is C[n+]1cccc2cc(/C=C/C(=O)/C=C/c3ccc4c(ccc[n+]4C)c3)ccc21. The Kier molecular flexibility index (Phi) is 4.81. The van der Waals surface area contributed by atoms with Crippen LogP contribution >= 0.6 is 0 Å². The van der Waals surface area contributed by atoms with E-state index in [-0.39, 0.29) is 5.78 Å². The Balaban J connectivity index is 1.51. The van der Waals surface area contributed by atoms with E-state index in [2.05, 4.69) is 45.5 Å². The molecule has 3 heteroatoms. The fourth-order valence-electron chi connectivity index (χ4n) is 3.39. The molecule has 2 aromatic carbocycles. The van der Waals surface area contributed by atoms with Crippen LogP contribution in [0.1, 0.15) is 11.1 Å². The maximum Gasteiger partial charge on any atom is 0.212 e. The van der Waals surface area contributed by atoms with Crippen molar-refractivity contribution in [2.75, 3.05) is 0 Å². The zero-order chi connectivity index (χ0) is 19.5. The maximum absolute atomic E-state index is 12.2. The number of carbonyl (C=O) groups is 1. The predicted octanol–water partition coefficient (Wildman–Crippen LogP) is 3.94. The molecule has 2 aromatic heterocycles. The zero-order valence-electron chi connectivity index (χ0n) is 16.0. The molecule has 0 N–H and O–H groups in total. The molecule has 0 aliphatic rings. The van der Waals surface area contributed by atoms with E-state index in [0.29, 0.717) is 0 Å². The molecule has 136 valence electrons. The molecule has 4 rings (SSSR count). The summed E-state index contributed by atoms with van der Waals surface area (Å²) >= 11 is 0. The van der Waals surface area contributed by atoms with Crippen LogP contribution in [0.15, 0.2) is 85.2 Å². The standard InChI is InChI=1S/C25H22N2O/c1-26-15-3-5-21-17-19(9-13-24(21)26)7-11-23(28)12-8-20-10-14-25-22(18-20)6-4-16-27(25)2/h3-18H,1-2H3/q+2/b11-7+,12-8+. The molecule has 0 saturated heterocycles. The summed E-state index contributed by atoms with van der Waals surface area (Å²) in [7, 11) is 4.05. The lowest BCUT2D eigenvalue weighted by Crippen LogP contribution is -2.27. The van der Waals surface area contributed by atoms with Gasteiger partial charge in [0.25, 0.3) is 0 Å². The summed E-state index contributed by atoms with van der Waals surface area (Å²) in [5, 5.41) is 2.30. The van der Waals surface area contributed by atoms with Gasteiger partial charge in [0.15, 0.2) is 18.2 Å². The van der Waals surface area contributed by atoms with Gasteiger partial charge in [-0.1, -0.05) is 12.2 Å². The highest BCUT2D eigenvalue weighted by atomic mass is 16.1. The first-order valence-corrected chi connectivity index (χ1v) is 9.27. The van der Waals surface area contributed by atoms with E-state index in [1.165, 1.54) is 0 Å². The van der Waals surface area contributed by atoms with Crippen LogP contribution in [0.3, 0.4) is 0 Å². The molecule has 0 aliphatic heterocycles. The number of pyridine rings is 2. The highest BCUT2D eigenvalue weighted by molar-refractivity contribution is 6.04. The van der Waals surface area contributed by atoms with Crippen molar-refractivity contribution in [2.45, 2.75) is 0 Å². The summed E-state index contributed by atoms with van der Waals surface area (Å²) in [6.07, 6.45) is 11.0. The van der Waals surface area contributed by atoms with Crippen molar-refractivity contribution in [1.82, 2.24) is 0 Å². The summed E-state index contributed by atoms with van der Waals surface area (Å²) in [4.78, 5) is 12.2. The smallest absolute Gasteiger partial charge is 0.212 e. The van der Waals surface area contributed by atoms with Crippen LogP contribution in [0, 0.1) is 0 Å². The molecule has 0 fully saturated rings. The summed E-state index contributed by atoms with van der Waals surface area (Å²) in [6, 6.07) is 20.6. The molecule has 0 radical (unpaired) electrons. The summed E-state index contributed by atoms with van der Waals surface area (Å²) in [6.45, 7) is 0. The van der Waals surface area contributed by atoms with Gasteiger partial charge >= 0.3 is 0 Å². The van der Waals surface area contributed by atoms with Crippen molar-refractivity contribution in [3.63, 3.8) is 0 Å². The third-order valence-corrected chi connectivity index (χ3v) is 4.91. The summed E-state index contributed by atoms with van der Waals surface area (Å²) in [5.41, 5.74) is 4.35. The number of hydrogen-bond donors (Lipinski definition) is 0. The number of allylic oxidation sites excluding steroid dienone is 2. The molecule has 0 unspecified atom stereocenters. The quantitative estimate of drug-likeness (QED) is 0.397. The molecule has 0 amide bonds. The van der Waals surface area contributed by atoms with E-state index in [9.17, 15) is 4.79 Å². The zero-order valence-corrected chi connectivity index (χ0v) is 16.0. The van der Waals surface area contributed by atoms with Crippen molar-refractivity contribution >= 4 is 39.7 Å². The first-order valence-electron chi connectivity index (χ1n) is 9.27. The fourth-order valence-corrected chi connectivity index (χ4v) is 3.39. The monoisotopic (exact) mass is 366 g/mol. The van der Waals surface area contributed by atoms with Crippen LogP contribution < -0.4 is 9.13 Å². The molecule has 0 saturated carbocycles. The van der Waals surface area contributed by atoms with Crippen LogP contribution in [0.4, 0.5) is 0 Å². The van der Waals surface area contributed by atoms with E-state index in [0.717, 1.165) is 32.9 Å². The lowest BCUT2D eigenvalue weighted by Gasteiger charge is -1.98. The number of fused-ring (bicyclic) bond motifs is 2. The van der Waals surface area contributed by atoms with E-state index in [1.807, 2.05) is 62.9 Å². The topological polar surface area (TPSA) is 24.8 Å². The molecular formula is C25H22N2O+2. The Morgan fingerprint density at radius 2 is 1.18 bits per heavy atom. The highest BCUT2D eigenvalue weighted by Gasteiger charge is 2.04. The predicted molar refractivity (Wildman–Crippen MR) is 113 cm³/mol. The number of aryl methyl sites for hydroxylation is 2. The molecule has 4 aromatic rings. The van der Waals surface area contributed by atoms with Crippen LogP contribution in [-0.2, 0) is 18.9 Å². The van der Waals surface area contributed by atoms with Gasteiger partial charge in [-0.3, -0.25) is 4.79 Å². The van der Waals surface area contributed by atoms with Crippen molar-refractivity contribution in [3.05, 3.63) is 96.3 Å². The second-order valence-electron chi connectivity index (χ2n) is 6.94. The van der Waals surface area contributed by atoms with Crippen molar-refractivity contribution in [3.8, 4) is 0 Å². The Morgan fingerprint density at radius 3 is 1.64 bits per heavy atom. The second kappa shape index (κ2) is 7.57. The van der Waals surface area contributed by atoms with Gasteiger partial charge < -0.3 is 0 Å². The minimum Gasteiger partial charge on any atom is -0.290 e. The summed E-state index contributed by atoms with van der Waals surface area (Å²) in [5.74, 6) is -0.0302. The van der Waals surface area contributed by atoms with Gasteiger partial charge in [-0.05, 0) is 59.7 Å². The Bertz CT molecular complexity index is 1150. The third-order valence-electron chi connectivity index (χ3n) is 4.91. The summed E-state index contributed by atoms with van der Waals surface area (Å²) < 4.78 is 4.17. The Labute approximate surface area is 164 Å². The Hall–Kier alpha value is -3.59. The highest BCUT2D eigenvalue weighted by Crippen LogP contribution is 2.15. The number of rotatable bonds is 4. The van der Waals surface area contributed by atoms with Gasteiger partial charge in [-0.2, -0.15) is 0 Å². The number of hydrogen-bond acceptors (Lipinski definition) is 1. The minimum absolute atomic E-state index is 0.0302. The molecule has 3 nitrogen and oxygen atoms in total. The normalized spacial score (nSPS) is 11.8. The van der Waals surface area contributed by atoms with Crippen molar-refractivity contribution < 1.29 is 13.9 Å². The van der Waals surface area contributed by atoms with E-state index < -0.39 is 0 Å². The number of aromatic nitrogens is 2. The van der Waals surface area contributed by atoms with Crippen molar-refractivity contribution in [1.29, 1.82) is 0 Å². The van der Waals surface area contributed by atoms with E-state index in [4.69, 9.17) is 0 Å². The lowest BCUT2D eigenvalue weighted by molar-refractivity contribution is -0.645. The van der Waals surface area contributed by atoms with Gasteiger partial charge in [-0.25, -0.2) is 9.13 Å². The molecule has 2 heterocycles. The van der Waals surface area contributed by atoms with Crippen LogP contribution in [0.5, 0.6) is 0 Å². The van der Waals surface area contributed by atoms with Crippen LogP contribution in [0.25, 0.3) is 34.0 Å². The van der Waals surface area contributed by atoms with E-state index >= 15 is 0 Å². The van der Waals surface area contributed by atoms with Gasteiger partial charge in [0.2, 0.25) is 11.0 Å². The number of ketones is 1. The third kappa shape index (κ3) is 3.74. The van der Waals surface area contributed by atoms with Crippen molar-refractivity contribution in [2.24, 2.45) is 14.1 Å². The van der Waals surface area contributed by atoms with Crippen LogP contribution in [0.2, 0.25) is 0 Å². The molecule has 28 heavy (non-hydrogen) atoms. The van der Waals surface area contributed by atoms with E-state index in [1.54, 1.807) is 12.2 Å². The molecule has 0 spiro atoms. The average molecular weight is 366 g/mol. The fraction of sp³-hybridized carbons (Fsp3) is 0.0800.